The van der Waals surface area contributed by atoms with Crippen LogP contribution < -0.4 is 0 Å². The van der Waals surface area contributed by atoms with Gasteiger partial charge in [-0.05, 0) is 12.1 Å². The lowest BCUT2D eigenvalue weighted by Gasteiger charge is -2.07. The molecule has 0 radical (unpaired) electrons. The molecule has 17 heavy (non-hydrogen) atoms. The number of hydrogen-bond donors (Lipinski definition) is 0. The number of aldehydes is 1. The molecular formula is C12H6Cl3NO. The van der Waals surface area contributed by atoms with E-state index in [-0.39, 0.29) is 0 Å². The molecule has 1 aromatic heterocycles. The Morgan fingerprint density at radius 1 is 1.18 bits per heavy atom. The van der Waals surface area contributed by atoms with Crippen LogP contribution in [0.4, 0.5) is 0 Å². The minimum Gasteiger partial charge on any atom is -0.298 e. The van der Waals surface area contributed by atoms with Crippen LogP contribution in [0, 0.1) is 0 Å². The minimum absolute atomic E-state index is 0.368. The van der Waals surface area contributed by atoms with Crippen LogP contribution in [-0.2, 0) is 0 Å². The summed E-state index contributed by atoms with van der Waals surface area (Å²) < 4.78 is 0. The Morgan fingerprint density at radius 2 is 1.94 bits per heavy atom. The first-order valence-corrected chi connectivity index (χ1v) is 5.82. The molecule has 0 fully saturated rings. The molecule has 2 rings (SSSR count). The SMILES string of the molecule is O=Cc1cc(Cl)cnc1-c1cccc(Cl)c1Cl. The molecule has 5 heteroatoms. The van der Waals surface area contributed by atoms with Gasteiger partial charge in [0, 0.05) is 17.3 Å². The van der Waals surface area contributed by atoms with E-state index in [9.17, 15) is 4.79 Å². The van der Waals surface area contributed by atoms with Crippen LogP contribution in [0.25, 0.3) is 11.3 Å². The second kappa shape index (κ2) is 5.05. The van der Waals surface area contributed by atoms with Gasteiger partial charge < -0.3 is 0 Å². The lowest BCUT2D eigenvalue weighted by Crippen LogP contribution is -1.92. The Labute approximate surface area is 113 Å². The van der Waals surface area contributed by atoms with Gasteiger partial charge in [-0.25, -0.2) is 0 Å². The molecule has 0 aliphatic carbocycles. The number of nitrogens with zero attached hydrogens (tertiary/aromatic N) is 1. The molecule has 0 aliphatic heterocycles. The summed E-state index contributed by atoms with van der Waals surface area (Å²) >= 11 is 17.8. The molecule has 0 atom stereocenters. The monoisotopic (exact) mass is 285 g/mol. The Morgan fingerprint density at radius 3 is 2.65 bits per heavy atom. The minimum atomic E-state index is 0.368. The molecule has 1 heterocycles. The van der Waals surface area contributed by atoms with Gasteiger partial charge in [-0.1, -0.05) is 46.9 Å². The summed E-state index contributed by atoms with van der Waals surface area (Å²) in [5.74, 6) is 0. The predicted molar refractivity (Wildman–Crippen MR) is 70.1 cm³/mol. The molecular weight excluding hydrogens is 280 g/mol. The van der Waals surface area contributed by atoms with Crippen molar-refractivity contribution in [3.8, 4) is 11.3 Å². The highest BCUT2D eigenvalue weighted by Gasteiger charge is 2.12. The smallest absolute Gasteiger partial charge is 0.152 e. The van der Waals surface area contributed by atoms with Gasteiger partial charge in [-0.3, -0.25) is 9.78 Å². The fourth-order valence-electron chi connectivity index (χ4n) is 1.46. The van der Waals surface area contributed by atoms with Gasteiger partial charge in [0.25, 0.3) is 0 Å². The van der Waals surface area contributed by atoms with E-state index < -0.39 is 0 Å². The molecule has 86 valence electrons. The van der Waals surface area contributed by atoms with Crippen LogP contribution in [0.2, 0.25) is 15.1 Å². The Hall–Kier alpha value is -1.09. The second-order valence-corrected chi connectivity index (χ2v) is 4.53. The average molecular weight is 287 g/mol. The van der Waals surface area contributed by atoms with Crippen LogP contribution in [-0.4, -0.2) is 11.3 Å². The maximum absolute atomic E-state index is 11.0. The number of halogens is 3. The van der Waals surface area contributed by atoms with E-state index in [2.05, 4.69) is 4.98 Å². The van der Waals surface area contributed by atoms with Crippen molar-refractivity contribution in [2.24, 2.45) is 0 Å². The number of benzene rings is 1. The summed E-state index contributed by atoms with van der Waals surface area (Å²) in [6.07, 6.45) is 2.15. The number of carbonyl (C=O) groups excluding carboxylic acids is 1. The van der Waals surface area contributed by atoms with Crippen molar-refractivity contribution in [1.82, 2.24) is 4.98 Å². The molecule has 2 nitrogen and oxygen atoms in total. The number of rotatable bonds is 2. The first kappa shape index (κ1) is 12.4. The van der Waals surface area contributed by atoms with Crippen LogP contribution in [0.5, 0.6) is 0 Å². The number of carbonyl (C=O) groups is 1. The molecule has 0 saturated carbocycles. The summed E-state index contributed by atoms with van der Waals surface area (Å²) in [6, 6.07) is 6.70. The Kier molecular flexibility index (Phi) is 3.67. The van der Waals surface area contributed by atoms with E-state index in [1.165, 1.54) is 12.3 Å². The third kappa shape index (κ3) is 2.44. The summed E-state index contributed by atoms with van der Waals surface area (Å²) in [6.45, 7) is 0. The average Bonchev–Trinajstić information content (AvgIpc) is 2.33. The van der Waals surface area contributed by atoms with Crippen molar-refractivity contribution in [3.05, 3.63) is 51.1 Å². The van der Waals surface area contributed by atoms with Crippen molar-refractivity contribution < 1.29 is 4.79 Å². The molecule has 0 aliphatic rings. The van der Waals surface area contributed by atoms with Crippen LogP contribution in [0.3, 0.4) is 0 Å². The Bertz CT molecular complexity index is 584. The van der Waals surface area contributed by atoms with Gasteiger partial charge in [0.1, 0.15) is 0 Å². The van der Waals surface area contributed by atoms with Crippen LogP contribution in [0.1, 0.15) is 10.4 Å². The third-order valence-corrected chi connectivity index (χ3v) is 3.24. The highest BCUT2D eigenvalue weighted by Crippen LogP contribution is 2.34. The highest BCUT2D eigenvalue weighted by atomic mass is 35.5. The van der Waals surface area contributed by atoms with Gasteiger partial charge in [-0.2, -0.15) is 0 Å². The van der Waals surface area contributed by atoms with Gasteiger partial charge in [0.2, 0.25) is 0 Å². The highest BCUT2D eigenvalue weighted by molar-refractivity contribution is 6.43. The number of aromatic nitrogens is 1. The maximum Gasteiger partial charge on any atom is 0.152 e. The van der Waals surface area contributed by atoms with Crippen molar-refractivity contribution in [1.29, 1.82) is 0 Å². The van der Waals surface area contributed by atoms with Crippen LogP contribution in [0.15, 0.2) is 30.5 Å². The lowest BCUT2D eigenvalue weighted by atomic mass is 10.1. The fourth-order valence-corrected chi connectivity index (χ4v) is 2.01. The van der Waals surface area contributed by atoms with Crippen LogP contribution >= 0.6 is 34.8 Å². The molecule has 1 aromatic carbocycles. The first-order chi connectivity index (χ1) is 8.13. The number of pyridine rings is 1. The zero-order valence-electron chi connectivity index (χ0n) is 8.45. The van der Waals surface area contributed by atoms with E-state index in [1.807, 2.05) is 0 Å². The van der Waals surface area contributed by atoms with Gasteiger partial charge in [0.15, 0.2) is 6.29 Å². The largest absolute Gasteiger partial charge is 0.298 e. The molecule has 2 aromatic rings. The van der Waals surface area contributed by atoms with E-state index in [0.717, 1.165) is 0 Å². The molecule has 0 saturated heterocycles. The molecule has 0 unspecified atom stereocenters. The summed E-state index contributed by atoms with van der Waals surface area (Å²) in [5, 5.41) is 1.18. The lowest BCUT2D eigenvalue weighted by molar-refractivity contribution is 0.112. The van der Waals surface area contributed by atoms with E-state index in [4.69, 9.17) is 34.8 Å². The molecule has 0 bridgehead atoms. The molecule has 0 spiro atoms. The number of hydrogen-bond acceptors (Lipinski definition) is 2. The second-order valence-electron chi connectivity index (χ2n) is 3.31. The zero-order chi connectivity index (χ0) is 12.4. The zero-order valence-corrected chi connectivity index (χ0v) is 10.7. The normalized spacial score (nSPS) is 10.3. The molecule has 0 N–H and O–H groups in total. The van der Waals surface area contributed by atoms with E-state index >= 15 is 0 Å². The summed E-state index contributed by atoms with van der Waals surface area (Å²) in [7, 11) is 0. The molecule has 0 amide bonds. The van der Waals surface area contributed by atoms with E-state index in [1.54, 1.807) is 18.2 Å². The van der Waals surface area contributed by atoms with Crippen molar-refractivity contribution >= 4 is 41.1 Å². The third-order valence-electron chi connectivity index (χ3n) is 2.22. The van der Waals surface area contributed by atoms with E-state index in [0.29, 0.717) is 38.2 Å². The van der Waals surface area contributed by atoms with Gasteiger partial charge in [-0.15, -0.1) is 0 Å². The van der Waals surface area contributed by atoms with Gasteiger partial charge >= 0.3 is 0 Å². The topological polar surface area (TPSA) is 30.0 Å². The van der Waals surface area contributed by atoms with Gasteiger partial charge in [0.05, 0.1) is 20.8 Å². The Balaban J connectivity index is 2.68. The summed E-state index contributed by atoms with van der Waals surface area (Å²) in [4.78, 5) is 15.1. The summed E-state index contributed by atoms with van der Waals surface area (Å²) in [5.41, 5.74) is 1.46. The fraction of sp³-hybridized carbons (Fsp3) is 0. The predicted octanol–water partition coefficient (Wildman–Crippen LogP) is 4.52. The van der Waals surface area contributed by atoms with Crippen molar-refractivity contribution in [2.75, 3.05) is 0 Å². The quantitative estimate of drug-likeness (QED) is 0.760. The van der Waals surface area contributed by atoms with Crippen molar-refractivity contribution in [2.45, 2.75) is 0 Å². The maximum atomic E-state index is 11.0. The van der Waals surface area contributed by atoms with Crippen molar-refractivity contribution in [3.63, 3.8) is 0 Å². The standard InChI is InChI=1S/C12H6Cl3NO/c13-8-4-7(6-17)12(16-5-8)9-2-1-3-10(14)11(9)15/h1-6H. The first-order valence-electron chi connectivity index (χ1n) is 4.68.